The van der Waals surface area contributed by atoms with Crippen molar-refractivity contribution in [2.45, 2.75) is 50.6 Å². The van der Waals surface area contributed by atoms with Gasteiger partial charge < -0.3 is 19.7 Å². The van der Waals surface area contributed by atoms with Gasteiger partial charge in [0.05, 0.1) is 12.4 Å². The van der Waals surface area contributed by atoms with E-state index in [-0.39, 0.29) is 0 Å². The average molecular weight is 349 g/mol. The van der Waals surface area contributed by atoms with E-state index in [1.807, 2.05) is 25.8 Å². The summed E-state index contributed by atoms with van der Waals surface area (Å²) in [6.45, 7) is 2.03. The molecule has 6 nitrogen and oxygen atoms in total. The van der Waals surface area contributed by atoms with E-state index in [0.717, 1.165) is 13.1 Å². The summed E-state index contributed by atoms with van der Waals surface area (Å²) in [5, 5.41) is 10.8. The van der Waals surface area contributed by atoms with Crippen LogP contribution in [0.1, 0.15) is 25.7 Å². The Labute approximate surface area is 138 Å². The summed E-state index contributed by atoms with van der Waals surface area (Å²) in [5.74, 6) is -2.76. The van der Waals surface area contributed by atoms with E-state index >= 15 is 0 Å². The lowest BCUT2D eigenvalue weighted by molar-refractivity contribution is -0.192. The molecule has 3 rings (SSSR count). The van der Waals surface area contributed by atoms with Gasteiger partial charge in [-0.2, -0.15) is 13.2 Å². The molecule has 0 saturated heterocycles. The third-order valence-electron chi connectivity index (χ3n) is 4.92. The highest BCUT2D eigenvalue weighted by molar-refractivity contribution is 5.73. The van der Waals surface area contributed by atoms with Crippen molar-refractivity contribution in [3.8, 4) is 0 Å². The fourth-order valence-corrected chi connectivity index (χ4v) is 3.41. The number of hydrogen-bond donors (Lipinski definition) is 2. The zero-order valence-electron chi connectivity index (χ0n) is 13.4. The summed E-state index contributed by atoms with van der Waals surface area (Å²) in [6.07, 6.45) is 6.38. The second kappa shape index (κ2) is 7.52. The van der Waals surface area contributed by atoms with E-state index < -0.39 is 12.1 Å². The van der Waals surface area contributed by atoms with Gasteiger partial charge in [0.2, 0.25) is 0 Å². The van der Waals surface area contributed by atoms with Crippen LogP contribution in [0.4, 0.5) is 13.2 Å². The van der Waals surface area contributed by atoms with Gasteiger partial charge in [-0.1, -0.05) is 6.42 Å². The molecule has 1 aromatic heterocycles. The molecule has 0 aromatic carbocycles. The van der Waals surface area contributed by atoms with Crippen molar-refractivity contribution in [1.29, 1.82) is 0 Å². The Morgan fingerprint density at radius 1 is 1.50 bits per heavy atom. The second-order valence-corrected chi connectivity index (χ2v) is 6.16. The van der Waals surface area contributed by atoms with Crippen LogP contribution >= 0.6 is 0 Å². The Bertz CT molecular complexity index is 530. The van der Waals surface area contributed by atoms with Crippen molar-refractivity contribution in [3.05, 3.63) is 18.7 Å². The van der Waals surface area contributed by atoms with E-state index in [9.17, 15) is 13.2 Å². The first-order valence-corrected chi connectivity index (χ1v) is 7.81. The molecule has 9 heteroatoms. The van der Waals surface area contributed by atoms with Crippen LogP contribution in [0.15, 0.2) is 18.7 Å². The molecule has 2 saturated carbocycles. The van der Waals surface area contributed by atoms with Crippen LogP contribution < -0.4 is 5.32 Å². The molecular weight excluding hydrogens is 327 g/mol. The Kier molecular flexibility index (Phi) is 5.87. The minimum Gasteiger partial charge on any atom is -0.475 e. The molecule has 2 aliphatic rings. The number of aliphatic carboxylic acids is 1. The van der Waals surface area contributed by atoms with Crippen LogP contribution in [0.25, 0.3) is 0 Å². The molecule has 0 bridgehead atoms. The third-order valence-corrected chi connectivity index (χ3v) is 4.92. The lowest BCUT2D eigenvalue weighted by atomic mass is 9.51. The van der Waals surface area contributed by atoms with E-state index in [2.05, 4.69) is 14.9 Å². The highest BCUT2D eigenvalue weighted by Crippen LogP contribution is 2.56. The zero-order chi connectivity index (χ0) is 17.8. The van der Waals surface area contributed by atoms with Crippen LogP contribution in [-0.4, -0.2) is 52.6 Å². The minimum atomic E-state index is -5.08. The number of carboxylic acid groups (broad SMARTS) is 1. The maximum absolute atomic E-state index is 10.6. The molecular formula is C15H22F3N3O3. The van der Waals surface area contributed by atoms with Gasteiger partial charge in [0.25, 0.3) is 0 Å². The number of ether oxygens (including phenoxy) is 1. The maximum atomic E-state index is 10.6. The first-order chi connectivity index (χ1) is 11.3. The molecule has 2 aliphatic carbocycles. The number of aromatic nitrogens is 2. The SMILES string of the molecule is COC1CC(NCCn2ccnc2)C12CCC2.O=C(O)C(F)(F)F. The monoisotopic (exact) mass is 349 g/mol. The molecule has 1 heterocycles. The molecule has 1 aromatic rings. The highest BCUT2D eigenvalue weighted by Gasteiger charge is 2.58. The van der Waals surface area contributed by atoms with Crippen LogP contribution in [0.5, 0.6) is 0 Å². The first kappa shape index (κ1) is 18.7. The van der Waals surface area contributed by atoms with Crippen molar-refractivity contribution >= 4 is 5.97 Å². The zero-order valence-corrected chi connectivity index (χ0v) is 13.4. The number of alkyl halides is 3. The fourth-order valence-electron chi connectivity index (χ4n) is 3.41. The van der Waals surface area contributed by atoms with Gasteiger partial charge in [-0.3, -0.25) is 0 Å². The van der Waals surface area contributed by atoms with Crippen molar-refractivity contribution in [2.75, 3.05) is 13.7 Å². The number of nitrogens with one attached hydrogen (secondary N) is 1. The van der Waals surface area contributed by atoms with Gasteiger partial charge in [0, 0.05) is 44.0 Å². The topological polar surface area (TPSA) is 76.4 Å². The van der Waals surface area contributed by atoms with Crippen molar-refractivity contribution in [1.82, 2.24) is 14.9 Å². The second-order valence-electron chi connectivity index (χ2n) is 6.16. The molecule has 24 heavy (non-hydrogen) atoms. The molecule has 2 N–H and O–H groups in total. The van der Waals surface area contributed by atoms with Gasteiger partial charge in [0.15, 0.2) is 0 Å². The standard InChI is InChI=1S/C13H21N3O.C2HF3O2/c1-17-12-9-11(13(12)3-2-4-13)15-6-8-16-7-5-14-10-16;3-2(4,5)1(6)7/h5,7,10-12,15H,2-4,6,8-9H2,1H3;(H,6,7). The fraction of sp³-hybridized carbons (Fsp3) is 0.733. The van der Waals surface area contributed by atoms with Crippen LogP contribution in [0.2, 0.25) is 0 Å². The quantitative estimate of drug-likeness (QED) is 0.851. The molecule has 2 atom stereocenters. The molecule has 2 fully saturated rings. The number of hydrogen-bond acceptors (Lipinski definition) is 4. The van der Waals surface area contributed by atoms with E-state index in [1.54, 1.807) is 0 Å². The van der Waals surface area contributed by atoms with Crippen LogP contribution in [0, 0.1) is 5.41 Å². The summed E-state index contributed by atoms with van der Waals surface area (Å²) in [4.78, 5) is 12.9. The lowest BCUT2D eigenvalue weighted by Crippen LogP contribution is -2.66. The number of rotatable bonds is 5. The van der Waals surface area contributed by atoms with Gasteiger partial charge in [-0.25, -0.2) is 9.78 Å². The minimum absolute atomic E-state index is 0.476. The number of nitrogens with zero attached hydrogens (tertiary/aromatic N) is 2. The smallest absolute Gasteiger partial charge is 0.475 e. The van der Waals surface area contributed by atoms with Crippen molar-refractivity contribution in [3.63, 3.8) is 0 Å². The number of methoxy groups -OCH3 is 1. The predicted octanol–water partition coefficient (Wildman–Crippen LogP) is 2.06. The maximum Gasteiger partial charge on any atom is 0.490 e. The Hall–Kier alpha value is -1.61. The van der Waals surface area contributed by atoms with Crippen LogP contribution in [0.3, 0.4) is 0 Å². The van der Waals surface area contributed by atoms with Gasteiger partial charge in [-0.15, -0.1) is 0 Å². The number of imidazole rings is 1. The summed E-state index contributed by atoms with van der Waals surface area (Å²) in [5.41, 5.74) is 0.476. The molecule has 0 radical (unpaired) electrons. The molecule has 136 valence electrons. The van der Waals surface area contributed by atoms with Gasteiger partial charge in [-0.05, 0) is 19.3 Å². The van der Waals surface area contributed by atoms with Crippen molar-refractivity contribution in [2.24, 2.45) is 5.41 Å². The normalized spacial score (nSPS) is 24.5. The van der Waals surface area contributed by atoms with Crippen molar-refractivity contribution < 1.29 is 27.8 Å². The predicted molar refractivity (Wildman–Crippen MR) is 79.4 cm³/mol. The first-order valence-electron chi connectivity index (χ1n) is 7.81. The number of halogens is 3. The number of carbonyl (C=O) groups is 1. The van der Waals surface area contributed by atoms with Crippen LogP contribution in [-0.2, 0) is 16.1 Å². The summed E-state index contributed by atoms with van der Waals surface area (Å²) in [6, 6.07) is 0.671. The highest BCUT2D eigenvalue weighted by atomic mass is 19.4. The number of carboxylic acids is 1. The molecule has 1 spiro atoms. The molecule has 0 aliphatic heterocycles. The average Bonchev–Trinajstić information content (AvgIpc) is 2.93. The van der Waals surface area contributed by atoms with E-state index in [4.69, 9.17) is 14.6 Å². The summed E-state index contributed by atoms with van der Waals surface area (Å²) in [7, 11) is 1.85. The Balaban J connectivity index is 0.000000256. The van der Waals surface area contributed by atoms with Gasteiger partial charge in [0.1, 0.15) is 0 Å². The largest absolute Gasteiger partial charge is 0.490 e. The summed E-state index contributed by atoms with van der Waals surface area (Å²) < 4.78 is 39.4. The van der Waals surface area contributed by atoms with E-state index in [1.165, 1.54) is 25.7 Å². The van der Waals surface area contributed by atoms with E-state index in [0.29, 0.717) is 17.6 Å². The third kappa shape index (κ3) is 4.07. The Morgan fingerprint density at radius 3 is 2.58 bits per heavy atom. The molecule has 0 amide bonds. The summed E-state index contributed by atoms with van der Waals surface area (Å²) >= 11 is 0. The lowest BCUT2D eigenvalue weighted by Gasteiger charge is -2.61. The molecule has 2 unspecified atom stereocenters. The Morgan fingerprint density at radius 2 is 2.17 bits per heavy atom. The van der Waals surface area contributed by atoms with Gasteiger partial charge >= 0.3 is 12.1 Å².